The molecule has 0 unspecified atom stereocenters. The topological polar surface area (TPSA) is 61.7 Å². The summed E-state index contributed by atoms with van der Waals surface area (Å²) in [5, 5.41) is 16.8. The molecule has 4 rings (SSSR count). The lowest BCUT2D eigenvalue weighted by Gasteiger charge is -2.46. The van der Waals surface area contributed by atoms with Gasteiger partial charge in [-0.25, -0.2) is 0 Å². The van der Waals surface area contributed by atoms with Crippen LogP contribution in [0.15, 0.2) is 64.2 Å². The van der Waals surface area contributed by atoms with Gasteiger partial charge in [0.2, 0.25) is 5.91 Å². The van der Waals surface area contributed by atoms with Crippen LogP contribution in [0, 0.1) is 5.92 Å². The number of benzene rings is 2. The molecule has 6 heteroatoms. The fourth-order valence-electron chi connectivity index (χ4n) is 4.89. The second-order valence-electron chi connectivity index (χ2n) is 7.59. The number of hydrogen-bond acceptors (Lipinski definition) is 3. The van der Waals surface area contributed by atoms with Crippen molar-refractivity contribution in [3.8, 4) is 0 Å². The number of rotatable bonds is 2. The summed E-state index contributed by atoms with van der Waals surface area (Å²) in [7, 11) is 0. The summed E-state index contributed by atoms with van der Waals surface area (Å²) in [5.41, 5.74) is 3.43. The highest BCUT2D eigenvalue weighted by Gasteiger charge is 2.60. The van der Waals surface area contributed by atoms with Gasteiger partial charge in [-0.15, -0.1) is 0 Å². The smallest absolute Gasteiger partial charge is 0.236 e. The van der Waals surface area contributed by atoms with Gasteiger partial charge in [-0.3, -0.25) is 4.79 Å². The first-order valence-corrected chi connectivity index (χ1v) is 10.3. The van der Waals surface area contributed by atoms with Crippen LogP contribution in [0.3, 0.4) is 0 Å². The van der Waals surface area contributed by atoms with Crippen LogP contribution in [-0.2, 0) is 10.2 Å². The van der Waals surface area contributed by atoms with E-state index in [0.717, 1.165) is 26.9 Å². The van der Waals surface area contributed by atoms with Gasteiger partial charge in [0, 0.05) is 27.0 Å². The van der Waals surface area contributed by atoms with E-state index in [0.29, 0.717) is 23.6 Å². The van der Waals surface area contributed by atoms with Crippen molar-refractivity contribution in [1.29, 1.82) is 0 Å². The summed E-state index contributed by atoms with van der Waals surface area (Å²) in [5.74, 6) is -0.468. The third-order valence-corrected chi connectivity index (χ3v) is 6.75. The van der Waals surface area contributed by atoms with Gasteiger partial charge in [-0.1, -0.05) is 63.0 Å². The Hall–Kier alpha value is -2.11. The third-order valence-electron chi connectivity index (χ3n) is 6.02. The quantitative estimate of drug-likeness (QED) is 0.334. The Morgan fingerprint density at radius 2 is 2.11 bits per heavy atom. The number of nitrogens with zero attached hydrogens (tertiary/aromatic N) is 1. The summed E-state index contributed by atoms with van der Waals surface area (Å²) >= 11 is 9.78. The van der Waals surface area contributed by atoms with Crippen molar-refractivity contribution in [2.45, 2.75) is 31.1 Å². The fourth-order valence-corrected chi connectivity index (χ4v) is 5.45. The van der Waals surface area contributed by atoms with E-state index < -0.39 is 5.41 Å². The molecule has 1 aliphatic carbocycles. The Kier molecular flexibility index (Phi) is 4.84. The van der Waals surface area contributed by atoms with Gasteiger partial charge >= 0.3 is 0 Å². The predicted octanol–water partition coefficient (Wildman–Crippen LogP) is 5.89. The lowest BCUT2D eigenvalue weighted by molar-refractivity contribution is -0.123. The molecule has 28 heavy (non-hydrogen) atoms. The second-order valence-corrected chi connectivity index (χ2v) is 8.95. The normalized spacial score (nSPS) is 27.7. The third kappa shape index (κ3) is 2.80. The van der Waals surface area contributed by atoms with Crippen molar-refractivity contribution < 1.29 is 10.0 Å². The molecule has 0 saturated heterocycles. The molecule has 2 N–H and O–H groups in total. The molecule has 1 heterocycles. The van der Waals surface area contributed by atoms with Crippen molar-refractivity contribution in [2.24, 2.45) is 11.1 Å². The van der Waals surface area contributed by atoms with Gasteiger partial charge in [0.1, 0.15) is 0 Å². The molecular weight excluding hydrogens is 440 g/mol. The van der Waals surface area contributed by atoms with Gasteiger partial charge in [0.05, 0.1) is 11.1 Å². The maximum absolute atomic E-state index is 13.6. The molecule has 0 aromatic heterocycles. The SMILES string of the molecule is C=C(C)[C@H]1C/C(=N/O)C[C@@H](c2cccc(Cl)c2)[C@]12C(=O)Nc1cc(Br)ccc12. The molecule has 1 amide bonds. The lowest BCUT2D eigenvalue weighted by atomic mass is 9.54. The molecule has 3 atom stereocenters. The molecule has 0 bridgehead atoms. The van der Waals surface area contributed by atoms with Gasteiger partial charge in [-0.05, 0) is 55.2 Å². The molecule has 1 aliphatic heterocycles. The van der Waals surface area contributed by atoms with Crippen LogP contribution >= 0.6 is 27.5 Å². The second kappa shape index (κ2) is 7.05. The van der Waals surface area contributed by atoms with Crippen LogP contribution in [-0.4, -0.2) is 16.8 Å². The van der Waals surface area contributed by atoms with E-state index in [4.69, 9.17) is 11.6 Å². The highest BCUT2D eigenvalue weighted by molar-refractivity contribution is 9.10. The maximum atomic E-state index is 13.6. The number of halogens is 2. The molecule has 144 valence electrons. The van der Waals surface area contributed by atoms with Crippen LogP contribution in [0.25, 0.3) is 0 Å². The Balaban J connectivity index is 2.02. The first kappa shape index (κ1) is 19.2. The van der Waals surface area contributed by atoms with Crippen molar-refractivity contribution in [1.82, 2.24) is 0 Å². The molecule has 2 aromatic carbocycles. The van der Waals surface area contributed by atoms with E-state index in [9.17, 15) is 10.0 Å². The number of hydrogen-bond donors (Lipinski definition) is 2. The first-order chi connectivity index (χ1) is 13.4. The minimum atomic E-state index is -0.833. The lowest BCUT2D eigenvalue weighted by Crippen LogP contribution is -2.51. The number of carbonyl (C=O) groups is 1. The predicted molar refractivity (Wildman–Crippen MR) is 115 cm³/mol. The first-order valence-electron chi connectivity index (χ1n) is 9.10. The van der Waals surface area contributed by atoms with Crippen molar-refractivity contribution in [2.75, 3.05) is 5.32 Å². The van der Waals surface area contributed by atoms with E-state index in [1.165, 1.54) is 0 Å². The van der Waals surface area contributed by atoms with E-state index in [1.807, 2.05) is 49.4 Å². The molecule has 1 saturated carbocycles. The number of oxime groups is 1. The van der Waals surface area contributed by atoms with Crippen molar-refractivity contribution >= 4 is 44.8 Å². The van der Waals surface area contributed by atoms with Crippen molar-refractivity contribution in [3.05, 3.63) is 75.2 Å². The van der Waals surface area contributed by atoms with Crippen LogP contribution in [0.4, 0.5) is 5.69 Å². The Morgan fingerprint density at radius 1 is 1.32 bits per heavy atom. The summed E-state index contributed by atoms with van der Waals surface area (Å²) in [4.78, 5) is 13.6. The van der Waals surface area contributed by atoms with Gasteiger partial charge in [0.25, 0.3) is 0 Å². The zero-order chi connectivity index (χ0) is 20.1. The summed E-state index contributed by atoms with van der Waals surface area (Å²) in [6, 6.07) is 13.5. The van der Waals surface area contributed by atoms with E-state index in [1.54, 1.807) is 0 Å². The van der Waals surface area contributed by atoms with E-state index in [-0.39, 0.29) is 17.7 Å². The number of anilines is 1. The summed E-state index contributed by atoms with van der Waals surface area (Å²) in [6.45, 7) is 6.12. The molecule has 2 aliphatic rings. The van der Waals surface area contributed by atoms with Crippen LogP contribution in [0.1, 0.15) is 36.8 Å². The average Bonchev–Trinajstić information content (AvgIpc) is 2.93. The standard InChI is InChI=1S/C22H20BrClN2O2/c1-12(2)18-10-16(26-28)11-19(13-4-3-5-15(24)8-13)22(18)17-7-6-14(23)9-20(17)25-21(22)27/h3-9,18-19,28H,1,10-11H2,2H3,(H,25,27)/b26-16-/t18-,19+,22-/m1/s1. The van der Waals surface area contributed by atoms with Gasteiger partial charge < -0.3 is 10.5 Å². The number of amides is 1. The maximum Gasteiger partial charge on any atom is 0.236 e. The van der Waals surface area contributed by atoms with Crippen LogP contribution < -0.4 is 5.32 Å². The van der Waals surface area contributed by atoms with Crippen LogP contribution in [0.2, 0.25) is 5.02 Å². The monoisotopic (exact) mass is 458 g/mol. The van der Waals surface area contributed by atoms with Gasteiger partial charge in [-0.2, -0.15) is 0 Å². The number of fused-ring (bicyclic) bond motifs is 2. The largest absolute Gasteiger partial charge is 0.411 e. The Bertz CT molecular complexity index is 1020. The average molecular weight is 460 g/mol. The fraction of sp³-hybridized carbons (Fsp3) is 0.273. The molecular formula is C22H20BrClN2O2. The highest BCUT2D eigenvalue weighted by atomic mass is 79.9. The number of nitrogens with one attached hydrogen (secondary N) is 1. The van der Waals surface area contributed by atoms with E-state index >= 15 is 0 Å². The summed E-state index contributed by atoms with van der Waals surface area (Å²) < 4.78 is 0.906. The van der Waals surface area contributed by atoms with Crippen LogP contribution in [0.5, 0.6) is 0 Å². The summed E-state index contributed by atoms with van der Waals surface area (Å²) in [6.07, 6.45) is 0.968. The number of carbonyl (C=O) groups excluding carboxylic acids is 1. The zero-order valence-corrected chi connectivity index (χ0v) is 17.7. The molecule has 1 fully saturated rings. The Labute approximate surface area is 177 Å². The molecule has 1 spiro atoms. The Morgan fingerprint density at radius 3 is 2.79 bits per heavy atom. The van der Waals surface area contributed by atoms with Crippen molar-refractivity contribution in [3.63, 3.8) is 0 Å². The minimum absolute atomic E-state index is 0.0458. The minimum Gasteiger partial charge on any atom is -0.411 e. The highest BCUT2D eigenvalue weighted by Crippen LogP contribution is 2.58. The number of allylic oxidation sites excluding steroid dienone is 1. The zero-order valence-electron chi connectivity index (χ0n) is 15.4. The molecule has 4 nitrogen and oxygen atoms in total. The van der Waals surface area contributed by atoms with E-state index in [2.05, 4.69) is 33.0 Å². The molecule has 0 radical (unpaired) electrons. The van der Waals surface area contributed by atoms with Gasteiger partial charge in [0.15, 0.2) is 0 Å². The molecule has 2 aromatic rings.